The van der Waals surface area contributed by atoms with Crippen LogP contribution in [0.1, 0.15) is 19.4 Å². The van der Waals surface area contributed by atoms with Gasteiger partial charge < -0.3 is 14.6 Å². The summed E-state index contributed by atoms with van der Waals surface area (Å²) in [6, 6.07) is 5.01. The Morgan fingerprint density at radius 2 is 2.30 bits per heavy atom. The molecule has 0 amide bonds. The molecule has 0 aromatic heterocycles. The summed E-state index contributed by atoms with van der Waals surface area (Å²) in [5.74, 6) is -0.326. The largest absolute Gasteiger partial charge is 0.487 e. The van der Waals surface area contributed by atoms with E-state index in [2.05, 4.69) is 18.7 Å². The summed E-state index contributed by atoms with van der Waals surface area (Å²) in [6.45, 7) is 6.69. The van der Waals surface area contributed by atoms with Gasteiger partial charge in [0.05, 0.1) is 13.2 Å². The monoisotopic (exact) mass is 283 g/mol. The highest BCUT2D eigenvalue weighted by atomic mass is 19.1. The molecule has 4 nitrogen and oxygen atoms in total. The zero-order valence-electron chi connectivity index (χ0n) is 12.0. The number of halogens is 1. The van der Waals surface area contributed by atoms with Crippen LogP contribution in [0.3, 0.4) is 0 Å². The molecule has 1 unspecified atom stereocenters. The van der Waals surface area contributed by atoms with Crippen molar-refractivity contribution in [1.82, 2.24) is 4.90 Å². The fraction of sp³-hybridized carbons (Fsp3) is 0.600. The van der Waals surface area contributed by atoms with E-state index in [0.29, 0.717) is 18.2 Å². The first kappa shape index (κ1) is 15.2. The number of aliphatic hydroxyl groups is 1. The van der Waals surface area contributed by atoms with Gasteiger partial charge in [-0.05, 0) is 19.9 Å². The maximum absolute atomic E-state index is 13.7. The molecule has 0 spiro atoms. The molecule has 112 valence electrons. The average Bonchev–Trinajstić information content (AvgIpc) is 2.46. The van der Waals surface area contributed by atoms with Crippen LogP contribution in [0, 0.1) is 5.82 Å². The van der Waals surface area contributed by atoms with E-state index in [-0.39, 0.29) is 25.1 Å². The molecular weight excluding hydrogens is 261 g/mol. The van der Waals surface area contributed by atoms with E-state index in [0.717, 1.165) is 13.1 Å². The van der Waals surface area contributed by atoms with E-state index < -0.39 is 5.82 Å². The van der Waals surface area contributed by atoms with Crippen molar-refractivity contribution in [3.05, 3.63) is 29.6 Å². The lowest BCUT2D eigenvalue weighted by atomic mass is 10.2. The van der Waals surface area contributed by atoms with Gasteiger partial charge in [0.25, 0.3) is 0 Å². The lowest BCUT2D eigenvalue weighted by Gasteiger charge is -2.35. The first-order valence-corrected chi connectivity index (χ1v) is 6.98. The predicted octanol–water partition coefficient (Wildman–Crippen LogP) is 1.81. The molecule has 20 heavy (non-hydrogen) atoms. The number of hydrogen-bond acceptors (Lipinski definition) is 4. The molecule has 1 N–H and O–H groups in total. The number of ether oxygens (including phenoxy) is 2. The Balaban J connectivity index is 1.95. The van der Waals surface area contributed by atoms with Crippen LogP contribution in [0.15, 0.2) is 18.2 Å². The van der Waals surface area contributed by atoms with Crippen molar-refractivity contribution >= 4 is 0 Å². The van der Waals surface area contributed by atoms with Gasteiger partial charge in [0.2, 0.25) is 0 Å². The third-order valence-electron chi connectivity index (χ3n) is 3.53. The van der Waals surface area contributed by atoms with E-state index in [1.54, 1.807) is 12.1 Å². The van der Waals surface area contributed by atoms with Crippen LogP contribution in [0.4, 0.5) is 4.39 Å². The zero-order chi connectivity index (χ0) is 14.5. The van der Waals surface area contributed by atoms with Gasteiger partial charge in [0.1, 0.15) is 12.7 Å². The molecule has 1 aliphatic heterocycles. The van der Waals surface area contributed by atoms with Gasteiger partial charge >= 0.3 is 0 Å². The molecule has 1 heterocycles. The van der Waals surface area contributed by atoms with Crippen molar-refractivity contribution in [3.8, 4) is 5.75 Å². The smallest absolute Gasteiger partial charge is 0.165 e. The fourth-order valence-electron chi connectivity index (χ4n) is 2.33. The number of rotatable bonds is 5. The molecule has 1 aromatic carbocycles. The van der Waals surface area contributed by atoms with Crippen molar-refractivity contribution in [1.29, 1.82) is 0 Å². The second kappa shape index (κ2) is 7.02. The van der Waals surface area contributed by atoms with Gasteiger partial charge in [-0.25, -0.2) is 4.39 Å². The van der Waals surface area contributed by atoms with Crippen LogP contribution in [0.25, 0.3) is 0 Å². The Morgan fingerprint density at radius 3 is 3.00 bits per heavy atom. The van der Waals surface area contributed by atoms with Crippen LogP contribution >= 0.6 is 0 Å². The van der Waals surface area contributed by atoms with E-state index >= 15 is 0 Å². The van der Waals surface area contributed by atoms with Crippen molar-refractivity contribution in [2.45, 2.75) is 32.6 Å². The lowest BCUT2D eigenvalue weighted by molar-refractivity contribution is -0.0570. The number of morpholine rings is 1. The van der Waals surface area contributed by atoms with E-state index in [1.807, 2.05) is 0 Å². The van der Waals surface area contributed by atoms with Gasteiger partial charge in [-0.15, -0.1) is 0 Å². The van der Waals surface area contributed by atoms with Crippen LogP contribution in [0.5, 0.6) is 5.75 Å². The minimum atomic E-state index is -0.451. The normalized spacial score (nSPS) is 20.4. The molecule has 0 radical (unpaired) electrons. The summed E-state index contributed by atoms with van der Waals surface area (Å²) in [5.41, 5.74) is 0.460. The van der Waals surface area contributed by atoms with Crippen LogP contribution in [-0.2, 0) is 11.3 Å². The molecule has 1 aromatic rings. The second-order valence-electron chi connectivity index (χ2n) is 5.28. The standard InChI is InChI=1S/C15H22FNO3/c1-11(2)17-6-7-19-13(8-17)10-20-15-12(9-18)4-3-5-14(15)16/h3-5,11,13,18H,6-10H2,1-2H3. The number of hydrogen-bond donors (Lipinski definition) is 1. The molecule has 1 aliphatic rings. The average molecular weight is 283 g/mol. The molecule has 0 bridgehead atoms. The quantitative estimate of drug-likeness (QED) is 0.895. The first-order chi connectivity index (χ1) is 9.61. The first-order valence-electron chi connectivity index (χ1n) is 6.98. The Morgan fingerprint density at radius 1 is 1.50 bits per heavy atom. The maximum Gasteiger partial charge on any atom is 0.165 e. The summed E-state index contributed by atoms with van der Waals surface area (Å²) < 4.78 is 24.9. The summed E-state index contributed by atoms with van der Waals surface area (Å²) >= 11 is 0. The molecule has 1 fully saturated rings. The van der Waals surface area contributed by atoms with Crippen molar-refractivity contribution in [2.24, 2.45) is 0 Å². The molecule has 1 atom stereocenters. The van der Waals surface area contributed by atoms with Crippen LogP contribution in [0.2, 0.25) is 0 Å². The highest BCUT2D eigenvalue weighted by molar-refractivity contribution is 5.34. The maximum atomic E-state index is 13.7. The van der Waals surface area contributed by atoms with Gasteiger partial charge in [-0.3, -0.25) is 4.90 Å². The number of para-hydroxylation sites is 1. The van der Waals surface area contributed by atoms with Gasteiger partial charge in [0.15, 0.2) is 11.6 Å². The van der Waals surface area contributed by atoms with Crippen LogP contribution < -0.4 is 4.74 Å². The lowest BCUT2D eigenvalue weighted by Crippen LogP contribution is -2.47. The zero-order valence-corrected chi connectivity index (χ0v) is 12.0. The minimum absolute atomic E-state index is 0.0719. The SMILES string of the molecule is CC(C)N1CCOC(COc2c(F)cccc2CO)C1. The molecule has 0 aliphatic carbocycles. The molecule has 1 saturated heterocycles. The molecular formula is C15H22FNO3. The number of aliphatic hydroxyl groups excluding tert-OH is 1. The molecule has 2 rings (SSSR count). The third kappa shape index (κ3) is 3.69. The number of nitrogens with zero attached hydrogens (tertiary/aromatic N) is 1. The van der Waals surface area contributed by atoms with Gasteiger partial charge in [-0.2, -0.15) is 0 Å². The topological polar surface area (TPSA) is 41.9 Å². The van der Waals surface area contributed by atoms with Crippen LogP contribution in [-0.4, -0.2) is 48.5 Å². The summed E-state index contributed by atoms with van der Waals surface area (Å²) in [5, 5.41) is 9.21. The Hall–Kier alpha value is -1.17. The van der Waals surface area contributed by atoms with Gasteiger partial charge in [-0.1, -0.05) is 12.1 Å². The van der Waals surface area contributed by atoms with Crippen molar-refractivity contribution in [2.75, 3.05) is 26.3 Å². The van der Waals surface area contributed by atoms with E-state index in [1.165, 1.54) is 6.07 Å². The minimum Gasteiger partial charge on any atom is -0.487 e. The fourth-order valence-corrected chi connectivity index (χ4v) is 2.33. The summed E-state index contributed by atoms with van der Waals surface area (Å²) in [4.78, 5) is 2.31. The second-order valence-corrected chi connectivity index (χ2v) is 5.28. The third-order valence-corrected chi connectivity index (χ3v) is 3.53. The Bertz CT molecular complexity index is 439. The highest BCUT2D eigenvalue weighted by Crippen LogP contribution is 2.23. The molecule has 5 heteroatoms. The number of benzene rings is 1. The predicted molar refractivity (Wildman–Crippen MR) is 74.3 cm³/mol. The Kier molecular flexibility index (Phi) is 5.34. The Labute approximate surface area is 119 Å². The van der Waals surface area contributed by atoms with Gasteiger partial charge in [0, 0.05) is 24.7 Å². The van der Waals surface area contributed by atoms with Crippen molar-refractivity contribution in [3.63, 3.8) is 0 Å². The van der Waals surface area contributed by atoms with E-state index in [4.69, 9.17) is 9.47 Å². The summed E-state index contributed by atoms with van der Waals surface area (Å²) in [7, 11) is 0. The summed E-state index contributed by atoms with van der Waals surface area (Å²) in [6.07, 6.45) is -0.0719. The van der Waals surface area contributed by atoms with Crippen molar-refractivity contribution < 1.29 is 19.0 Å². The molecule has 0 saturated carbocycles. The highest BCUT2D eigenvalue weighted by Gasteiger charge is 2.23. The van der Waals surface area contributed by atoms with E-state index in [9.17, 15) is 9.50 Å².